The van der Waals surface area contributed by atoms with Gasteiger partial charge in [0.1, 0.15) is 11.2 Å². The first-order valence-corrected chi connectivity index (χ1v) is 8.77. The lowest BCUT2D eigenvalue weighted by Gasteiger charge is -2.15. The molecule has 2 N–H and O–H groups in total. The van der Waals surface area contributed by atoms with Crippen molar-refractivity contribution in [1.82, 2.24) is 29.9 Å². The van der Waals surface area contributed by atoms with E-state index in [4.69, 9.17) is 0 Å². The van der Waals surface area contributed by atoms with Gasteiger partial charge >= 0.3 is 0 Å². The molecule has 1 aromatic carbocycles. The summed E-state index contributed by atoms with van der Waals surface area (Å²) in [5, 5.41) is 11.6. The lowest BCUT2D eigenvalue weighted by molar-refractivity contribution is -0.00831. The summed E-state index contributed by atoms with van der Waals surface area (Å²) >= 11 is 0. The van der Waals surface area contributed by atoms with E-state index in [0.29, 0.717) is 18.5 Å². The maximum atomic E-state index is 13.8. The third-order valence-electron chi connectivity index (χ3n) is 5.01. The first-order valence-electron chi connectivity index (χ1n) is 8.77. The highest BCUT2D eigenvalue weighted by atomic mass is 19.3. The molecule has 7 nitrogen and oxygen atoms in total. The number of H-pyrrole nitrogens is 1. The van der Waals surface area contributed by atoms with E-state index in [1.54, 1.807) is 10.9 Å². The quantitative estimate of drug-likeness (QED) is 0.563. The Labute approximate surface area is 152 Å². The van der Waals surface area contributed by atoms with Gasteiger partial charge in [-0.05, 0) is 30.5 Å². The normalized spacial score (nSPS) is 14.9. The van der Waals surface area contributed by atoms with E-state index in [0.717, 1.165) is 27.5 Å². The van der Waals surface area contributed by atoms with E-state index >= 15 is 0 Å². The molecule has 0 amide bonds. The van der Waals surface area contributed by atoms with Crippen molar-refractivity contribution in [2.75, 3.05) is 11.9 Å². The highest BCUT2D eigenvalue weighted by Crippen LogP contribution is 2.43. The van der Waals surface area contributed by atoms with Crippen LogP contribution in [0.2, 0.25) is 0 Å². The van der Waals surface area contributed by atoms with Crippen LogP contribution in [0.15, 0.2) is 30.6 Å². The monoisotopic (exact) mass is 369 g/mol. The smallest absolute Gasteiger partial charge is 0.267 e. The zero-order valence-corrected chi connectivity index (χ0v) is 14.6. The molecule has 138 valence electrons. The number of fused-ring (bicyclic) bond motifs is 2. The summed E-state index contributed by atoms with van der Waals surface area (Å²) in [7, 11) is 1.84. The van der Waals surface area contributed by atoms with Gasteiger partial charge in [-0.3, -0.25) is 0 Å². The lowest BCUT2D eigenvalue weighted by atomic mass is 10.1. The van der Waals surface area contributed by atoms with Gasteiger partial charge in [-0.25, -0.2) is 18.4 Å². The fourth-order valence-electron chi connectivity index (χ4n) is 3.28. The fourth-order valence-corrected chi connectivity index (χ4v) is 3.28. The van der Waals surface area contributed by atoms with Crippen molar-refractivity contribution in [1.29, 1.82) is 0 Å². The SMILES string of the molecule is Cn1nnc2ccc(-c3c[nH]c4nc(NCC(F)(F)C5CC5)ncc34)cc21. The van der Waals surface area contributed by atoms with Crippen molar-refractivity contribution in [3.8, 4) is 11.1 Å². The summed E-state index contributed by atoms with van der Waals surface area (Å²) in [6.07, 6.45) is 4.67. The number of aromatic nitrogens is 6. The number of hydrogen-bond acceptors (Lipinski definition) is 5. The van der Waals surface area contributed by atoms with Crippen molar-refractivity contribution in [2.24, 2.45) is 13.0 Å². The minimum Gasteiger partial charge on any atom is -0.348 e. The van der Waals surface area contributed by atoms with Crippen LogP contribution in [0, 0.1) is 5.92 Å². The second-order valence-corrected chi connectivity index (χ2v) is 6.96. The zero-order valence-electron chi connectivity index (χ0n) is 14.6. The van der Waals surface area contributed by atoms with Gasteiger partial charge < -0.3 is 10.3 Å². The molecule has 1 saturated carbocycles. The van der Waals surface area contributed by atoms with Crippen LogP contribution < -0.4 is 5.32 Å². The van der Waals surface area contributed by atoms with E-state index < -0.39 is 18.4 Å². The van der Waals surface area contributed by atoms with E-state index in [1.807, 2.05) is 31.4 Å². The van der Waals surface area contributed by atoms with Gasteiger partial charge in [0.05, 0.1) is 12.1 Å². The predicted molar refractivity (Wildman–Crippen MR) is 97.6 cm³/mol. The minimum absolute atomic E-state index is 0.197. The Kier molecular flexibility index (Phi) is 3.40. The van der Waals surface area contributed by atoms with Crippen LogP contribution in [0.25, 0.3) is 33.2 Å². The van der Waals surface area contributed by atoms with Gasteiger partial charge in [-0.1, -0.05) is 11.3 Å². The van der Waals surface area contributed by atoms with Gasteiger partial charge in [0, 0.05) is 36.3 Å². The summed E-state index contributed by atoms with van der Waals surface area (Å²) in [5.41, 5.74) is 4.25. The standard InChI is InChI=1S/C18H17F2N7/c1-27-15-6-10(2-5-14(15)25-26-27)12-7-21-16-13(12)8-22-17(24-16)23-9-18(19,20)11-3-4-11/h2,5-8,11H,3-4,9H2,1H3,(H2,21,22,23,24). The van der Waals surface area contributed by atoms with Crippen LogP contribution >= 0.6 is 0 Å². The number of aromatic amines is 1. The van der Waals surface area contributed by atoms with Crippen molar-refractivity contribution in [2.45, 2.75) is 18.8 Å². The summed E-state index contributed by atoms with van der Waals surface area (Å²) in [5.74, 6) is -3.03. The molecular weight excluding hydrogens is 352 g/mol. The van der Waals surface area contributed by atoms with Gasteiger partial charge in [-0.2, -0.15) is 4.98 Å². The topological polar surface area (TPSA) is 84.3 Å². The Hall–Kier alpha value is -3.10. The van der Waals surface area contributed by atoms with Gasteiger partial charge in [0.2, 0.25) is 5.95 Å². The second kappa shape index (κ2) is 5.70. The maximum Gasteiger partial charge on any atom is 0.267 e. The largest absolute Gasteiger partial charge is 0.348 e. The number of anilines is 1. The maximum absolute atomic E-state index is 13.8. The van der Waals surface area contributed by atoms with E-state index in [2.05, 4.69) is 30.6 Å². The average Bonchev–Trinajstić information content (AvgIpc) is 3.36. The molecule has 0 spiro atoms. The highest BCUT2D eigenvalue weighted by molar-refractivity contribution is 5.95. The minimum atomic E-state index is -2.72. The summed E-state index contributed by atoms with van der Waals surface area (Å²) < 4.78 is 29.4. The lowest BCUT2D eigenvalue weighted by Crippen LogP contribution is -2.29. The number of halogens is 2. The molecular formula is C18H17F2N7. The Morgan fingerprint density at radius 2 is 2.19 bits per heavy atom. The molecule has 9 heteroatoms. The third kappa shape index (κ3) is 2.79. The molecule has 1 aliphatic rings. The molecule has 0 bridgehead atoms. The molecule has 5 rings (SSSR count). The summed E-state index contributed by atoms with van der Waals surface area (Å²) in [6.45, 7) is -0.444. The van der Waals surface area contributed by atoms with E-state index in [1.165, 1.54) is 0 Å². The Morgan fingerprint density at radius 3 is 3.00 bits per heavy atom. The number of aryl methyl sites for hydroxylation is 1. The fraction of sp³-hybridized carbons (Fsp3) is 0.333. The number of alkyl halides is 2. The van der Waals surface area contributed by atoms with Crippen molar-refractivity contribution in [3.05, 3.63) is 30.6 Å². The van der Waals surface area contributed by atoms with Crippen LogP contribution in [0.5, 0.6) is 0 Å². The molecule has 0 radical (unpaired) electrons. The molecule has 1 aliphatic carbocycles. The van der Waals surface area contributed by atoms with Crippen molar-refractivity contribution in [3.63, 3.8) is 0 Å². The molecule has 0 saturated heterocycles. The molecule has 4 aromatic rings. The third-order valence-corrected chi connectivity index (χ3v) is 5.01. The summed E-state index contributed by atoms with van der Waals surface area (Å²) in [4.78, 5) is 11.6. The van der Waals surface area contributed by atoms with Gasteiger partial charge in [0.15, 0.2) is 0 Å². The summed E-state index contributed by atoms with van der Waals surface area (Å²) in [6, 6.07) is 5.87. The van der Waals surface area contributed by atoms with Crippen molar-refractivity contribution >= 4 is 28.0 Å². The Morgan fingerprint density at radius 1 is 1.33 bits per heavy atom. The Balaban J connectivity index is 1.45. The average molecular weight is 369 g/mol. The molecule has 3 aromatic heterocycles. The molecule has 0 atom stereocenters. The van der Waals surface area contributed by atoms with Crippen molar-refractivity contribution < 1.29 is 8.78 Å². The number of nitrogens with one attached hydrogen (secondary N) is 2. The highest BCUT2D eigenvalue weighted by Gasteiger charge is 2.46. The van der Waals surface area contributed by atoms with Crippen LogP contribution in [0.3, 0.4) is 0 Å². The number of benzene rings is 1. The first kappa shape index (κ1) is 16.1. The van der Waals surface area contributed by atoms with Crippen LogP contribution in [-0.2, 0) is 7.05 Å². The van der Waals surface area contributed by atoms with E-state index in [-0.39, 0.29) is 5.95 Å². The van der Waals surface area contributed by atoms with Gasteiger partial charge in [-0.15, -0.1) is 5.10 Å². The number of hydrogen-bond donors (Lipinski definition) is 2. The van der Waals surface area contributed by atoms with Crippen LogP contribution in [0.1, 0.15) is 12.8 Å². The van der Waals surface area contributed by atoms with E-state index in [9.17, 15) is 8.78 Å². The molecule has 27 heavy (non-hydrogen) atoms. The zero-order chi connectivity index (χ0) is 18.6. The molecule has 0 aliphatic heterocycles. The number of rotatable bonds is 5. The number of nitrogens with zero attached hydrogens (tertiary/aromatic N) is 5. The molecule has 0 unspecified atom stereocenters. The Bertz CT molecular complexity index is 1140. The first-order chi connectivity index (χ1) is 13.0. The predicted octanol–water partition coefficient (Wildman–Crippen LogP) is 3.36. The van der Waals surface area contributed by atoms with Crippen LogP contribution in [0.4, 0.5) is 14.7 Å². The second-order valence-electron chi connectivity index (χ2n) is 6.96. The van der Waals surface area contributed by atoms with Gasteiger partial charge in [0.25, 0.3) is 5.92 Å². The van der Waals surface area contributed by atoms with Crippen LogP contribution in [-0.4, -0.2) is 42.4 Å². The molecule has 1 fully saturated rings. The molecule has 3 heterocycles.